The second-order valence-corrected chi connectivity index (χ2v) is 3.96. The van der Waals surface area contributed by atoms with Crippen LogP contribution in [0.2, 0.25) is 0 Å². The lowest BCUT2D eigenvalue weighted by molar-refractivity contribution is 0.181. The van der Waals surface area contributed by atoms with E-state index in [2.05, 4.69) is 15.0 Å². The van der Waals surface area contributed by atoms with Crippen LogP contribution in [-0.4, -0.2) is 33.3 Å². The molecule has 3 N–H and O–H groups in total. The molecule has 14 heavy (non-hydrogen) atoms. The van der Waals surface area contributed by atoms with Gasteiger partial charge in [0.2, 0.25) is 5.03 Å². The third kappa shape index (κ3) is 1.18. The van der Waals surface area contributed by atoms with Crippen LogP contribution in [0.25, 0.3) is 11.5 Å². The highest BCUT2D eigenvalue weighted by Crippen LogP contribution is 2.21. The topological polar surface area (TPSA) is 124 Å². The number of nitrogens with two attached hydrogens (primary N) is 1. The Hall–Kier alpha value is -1.74. The molecule has 9 heteroatoms. The van der Waals surface area contributed by atoms with Crippen molar-refractivity contribution in [3.63, 3.8) is 0 Å². The number of rotatable bonds is 1. The van der Waals surface area contributed by atoms with Gasteiger partial charge in [-0.3, -0.25) is 0 Å². The molecule has 0 radical (unpaired) electrons. The largest absolute Gasteiger partial charge is 0.425 e. The summed E-state index contributed by atoms with van der Waals surface area (Å²) in [7, 11) is -3.95. The van der Waals surface area contributed by atoms with Crippen molar-refractivity contribution in [2.75, 3.05) is 0 Å². The summed E-state index contributed by atoms with van der Waals surface area (Å²) in [5.41, 5.74) is -0.0579. The van der Waals surface area contributed by atoms with Crippen LogP contribution in [-0.2, 0) is 10.0 Å². The van der Waals surface area contributed by atoms with Gasteiger partial charge in [-0.2, -0.15) is 4.73 Å². The Bertz CT molecular complexity index is 547. The fourth-order valence-corrected chi connectivity index (χ4v) is 1.62. The molecular formula is C5H5N5O3S. The number of hydrogen-bond donors (Lipinski definition) is 2. The molecule has 0 spiro atoms. The van der Waals surface area contributed by atoms with Gasteiger partial charge < -0.3 is 5.21 Å². The van der Waals surface area contributed by atoms with Crippen molar-refractivity contribution < 1.29 is 13.6 Å². The highest BCUT2D eigenvalue weighted by molar-refractivity contribution is 7.89. The first kappa shape index (κ1) is 8.84. The normalized spacial score (nSPS) is 12.1. The summed E-state index contributed by atoms with van der Waals surface area (Å²) in [5.74, 6) is -0.0102. The summed E-state index contributed by atoms with van der Waals surface area (Å²) in [5, 5.41) is 13.6. The maximum absolute atomic E-state index is 11.0. The molecule has 0 aromatic carbocycles. The van der Waals surface area contributed by atoms with Gasteiger partial charge in [0.1, 0.15) is 18.3 Å². The molecule has 2 heterocycles. The van der Waals surface area contributed by atoms with Gasteiger partial charge in [-0.25, -0.2) is 28.5 Å². The van der Waals surface area contributed by atoms with Crippen molar-refractivity contribution >= 4 is 10.0 Å². The lowest BCUT2D eigenvalue weighted by Crippen LogP contribution is -2.17. The van der Waals surface area contributed by atoms with Crippen LogP contribution in [0, 0.1) is 0 Å². The lowest BCUT2D eigenvalue weighted by Gasteiger charge is -2.04. The minimum absolute atomic E-state index is 0.0102. The summed E-state index contributed by atoms with van der Waals surface area (Å²) >= 11 is 0. The molecule has 2 aliphatic rings. The molecule has 2 rings (SSSR count). The van der Waals surface area contributed by atoms with Crippen LogP contribution in [0.1, 0.15) is 0 Å². The SMILES string of the molecule is NS(=O)(=O)c1ncn(O)c2ncnc1-2. The lowest BCUT2D eigenvalue weighted by atomic mass is 10.4. The molecular weight excluding hydrogens is 210 g/mol. The Morgan fingerprint density at radius 1 is 1.36 bits per heavy atom. The van der Waals surface area contributed by atoms with Gasteiger partial charge in [0.05, 0.1) is 0 Å². The first-order valence-corrected chi connectivity index (χ1v) is 4.95. The molecule has 0 aliphatic carbocycles. The zero-order valence-electron chi connectivity index (χ0n) is 6.69. The van der Waals surface area contributed by atoms with Gasteiger partial charge in [0.25, 0.3) is 10.0 Å². The predicted octanol–water partition coefficient (Wildman–Crippen LogP) is -1.34. The van der Waals surface area contributed by atoms with Crippen LogP contribution in [0.5, 0.6) is 0 Å². The standard InChI is InChI=1S/C5H5N5O3S/c6-14(12,13)5-3-4(8-1-7-3)10(11)2-9-5/h1-2,11H,(H2,6,12,13). The number of nitrogens with zero attached hydrogens (tertiary/aromatic N) is 4. The van der Waals surface area contributed by atoms with Gasteiger partial charge >= 0.3 is 0 Å². The number of hydrogen-bond acceptors (Lipinski definition) is 6. The van der Waals surface area contributed by atoms with E-state index < -0.39 is 15.0 Å². The molecule has 0 unspecified atom stereocenters. The van der Waals surface area contributed by atoms with E-state index in [4.69, 9.17) is 10.3 Å². The van der Waals surface area contributed by atoms with E-state index in [1.807, 2.05) is 0 Å². The van der Waals surface area contributed by atoms with E-state index in [0.717, 1.165) is 12.7 Å². The highest BCUT2D eigenvalue weighted by Gasteiger charge is 2.23. The smallest absolute Gasteiger partial charge is 0.257 e. The average molecular weight is 215 g/mol. The summed E-state index contributed by atoms with van der Waals surface area (Å²) in [4.78, 5) is 10.7. The highest BCUT2D eigenvalue weighted by atomic mass is 32.2. The van der Waals surface area contributed by atoms with Crippen LogP contribution in [0.4, 0.5) is 0 Å². The molecule has 2 aliphatic heterocycles. The Morgan fingerprint density at radius 2 is 2.07 bits per heavy atom. The summed E-state index contributed by atoms with van der Waals surface area (Å²) in [6, 6.07) is 0. The van der Waals surface area contributed by atoms with E-state index in [1.54, 1.807) is 0 Å². The van der Waals surface area contributed by atoms with E-state index >= 15 is 0 Å². The van der Waals surface area contributed by atoms with Gasteiger partial charge in [0, 0.05) is 0 Å². The number of primary sulfonamides is 1. The second kappa shape index (κ2) is 2.62. The van der Waals surface area contributed by atoms with Crippen LogP contribution in [0.15, 0.2) is 17.7 Å². The van der Waals surface area contributed by atoms with E-state index in [1.165, 1.54) is 0 Å². The fourth-order valence-electron chi connectivity index (χ4n) is 1.01. The van der Waals surface area contributed by atoms with Gasteiger partial charge in [-0.1, -0.05) is 0 Å². The zero-order chi connectivity index (χ0) is 10.3. The quantitative estimate of drug-likeness (QED) is 0.448. The first-order valence-electron chi connectivity index (χ1n) is 3.40. The molecule has 0 bridgehead atoms. The van der Waals surface area contributed by atoms with E-state index in [0.29, 0.717) is 4.73 Å². The minimum atomic E-state index is -3.95. The molecule has 0 fully saturated rings. The fraction of sp³-hybridized carbons (Fsp3) is 0. The van der Waals surface area contributed by atoms with Gasteiger partial charge in [-0.05, 0) is 0 Å². The third-order valence-electron chi connectivity index (χ3n) is 1.55. The molecule has 74 valence electrons. The maximum Gasteiger partial charge on any atom is 0.257 e. The Labute approximate surface area is 78.4 Å². The van der Waals surface area contributed by atoms with Crippen LogP contribution < -0.4 is 5.14 Å². The minimum Gasteiger partial charge on any atom is -0.425 e. The second-order valence-electron chi connectivity index (χ2n) is 2.49. The van der Waals surface area contributed by atoms with Crippen LogP contribution >= 0.6 is 0 Å². The van der Waals surface area contributed by atoms with Gasteiger partial charge in [0.15, 0.2) is 5.82 Å². The van der Waals surface area contributed by atoms with Crippen molar-refractivity contribution in [3.05, 3.63) is 12.7 Å². The van der Waals surface area contributed by atoms with Crippen molar-refractivity contribution in [2.45, 2.75) is 5.03 Å². The molecule has 0 saturated heterocycles. The predicted molar refractivity (Wildman–Crippen MR) is 43.0 cm³/mol. The molecule has 0 amide bonds. The maximum atomic E-state index is 11.0. The van der Waals surface area contributed by atoms with Crippen molar-refractivity contribution in [1.29, 1.82) is 0 Å². The number of aromatic nitrogens is 4. The zero-order valence-corrected chi connectivity index (χ0v) is 7.51. The first-order chi connectivity index (χ1) is 6.50. The van der Waals surface area contributed by atoms with Crippen molar-refractivity contribution in [3.8, 4) is 11.5 Å². The number of fused-ring (bicyclic) bond motifs is 1. The molecule has 0 saturated carbocycles. The summed E-state index contributed by atoms with van der Waals surface area (Å²) < 4.78 is 22.6. The molecule has 0 aromatic heterocycles. The van der Waals surface area contributed by atoms with Crippen molar-refractivity contribution in [1.82, 2.24) is 19.7 Å². The number of imidazole rings is 1. The molecule has 0 aromatic rings. The third-order valence-corrected chi connectivity index (χ3v) is 2.39. The van der Waals surface area contributed by atoms with E-state index in [9.17, 15) is 8.42 Å². The molecule has 0 atom stereocenters. The average Bonchev–Trinajstić information content (AvgIpc) is 2.50. The summed E-state index contributed by atoms with van der Waals surface area (Å²) in [6.07, 6.45) is 1.99. The van der Waals surface area contributed by atoms with Crippen molar-refractivity contribution in [2.24, 2.45) is 5.14 Å². The van der Waals surface area contributed by atoms with Gasteiger partial charge in [-0.15, -0.1) is 0 Å². The number of sulfonamides is 1. The summed E-state index contributed by atoms with van der Waals surface area (Å²) in [6.45, 7) is 0. The Balaban J connectivity index is 2.83. The molecule has 8 nitrogen and oxygen atoms in total. The van der Waals surface area contributed by atoms with E-state index in [-0.39, 0.29) is 11.5 Å². The Morgan fingerprint density at radius 3 is 2.71 bits per heavy atom. The van der Waals surface area contributed by atoms with Crippen LogP contribution in [0.3, 0.4) is 0 Å². The Kier molecular flexibility index (Phi) is 1.66. The monoisotopic (exact) mass is 215 g/mol.